The van der Waals surface area contributed by atoms with Gasteiger partial charge in [0.2, 0.25) is 47.3 Å². The van der Waals surface area contributed by atoms with Crippen LogP contribution in [0.25, 0.3) is 0 Å². The summed E-state index contributed by atoms with van der Waals surface area (Å²) in [5.41, 5.74) is 6.26. The highest BCUT2D eigenvalue weighted by Gasteiger charge is 2.32. The van der Waals surface area contributed by atoms with Crippen LogP contribution in [0.3, 0.4) is 0 Å². The maximum Gasteiger partial charge on any atom is 0.243 e. The molecule has 0 unspecified atom stereocenters. The highest BCUT2D eigenvalue weighted by molar-refractivity contribution is 5.96. The first-order chi connectivity index (χ1) is 25.5. The van der Waals surface area contributed by atoms with Gasteiger partial charge in [0.25, 0.3) is 0 Å². The van der Waals surface area contributed by atoms with Crippen LogP contribution < -0.4 is 43.0 Å². The van der Waals surface area contributed by atoms with Gasteiger partial charge in [0, 0.05) is 38.4 Å². The first-order valence-electron chi connectivity index (χ1n) is 17.8. The Kier molecular flexibility index (Phi) is 15.3. The summed E-state index contributed by atoms with van der Waals surface area (Å²) in [6.45, 7) is -1.16. The summed E-state index contributed by atoms with van der Waals surface area (Å²) in [5, 5.41) is 18.1. The number of hydrogen-bond donors (Lipinski definition) is 9. The predicted molar refractivity (Wildman–Crippen MR) is 189 cm³/mol. The van der Waals surface area contributed by atoms with Crippen molar-refractivity contribution in [3.8, 4) is 0 Å². The van der Waals surface area contributed by atoms with Crippen molar-refractivity contribution in [3.63, 3.8) is 0 Å². The number of rotatable bonds is 10. The molecule has 2 aromatic rings. The molecule has 1 saturated carbocycles. The Bertz CT molecular complexity index is 1600. The molecule has 10 N–H and O–H groups in total. The Morgan fingerprint density at radius 1 is 0.811 bits per heavy atom. The molecule has 1 aromatic carbocycles. The molecule has 1 aliphatic carbocycles. The van der Waals surface area contributed by atoms with E-state index in [1.54, 1.807) is 36.5 Å². The van der Waals surface area contributed by atoms with Crippen molar-refractivity contribution >= 4 is 47.3 Å². The number of nitrogens with two attached hydrogens (primary N) is 1. The van der Waals surface area contributed by atoms with Gasteiger partial charge in [-0.05, 0) is 37.2 Å². The molecule has 53 heavy (non-hydrogen) atoms. The van der Waals surface area contributed by atoms with Gasteiger partial charge in [-0.15, -0.1) is 0 Å². The van der Waals surface area contributed by atoms with Crippen LogP contribution in [0.1, 0.15) is 62.6 Å². The number of amides is 8. The highest BCUT2D eigenvalue weighted by atomic mass is 16.2. The molecule has 1 aromatic heterocycles. The fourth-order valence-electron chi connectivity index (χ4n) is 6.25. The quantitative estimate of drug-likeness (QED) is 0.127. The van der Waals surface area contributed by atoms with Gasteiger partial charge >= 0.3 is 0 Å². The van der Waals surface area contributed by atoms with Gasteiger partial charge in [-0.3, -0.25) is 38.4 Å². The van der Waals surface area contributed by atoms with Gasteiger partial charge in [0.1, 0.15) is 24.2 Å². The first kappa shape index (κ1) is 40.0. The SMILES string of the molecule is NC(=O)CNC(=O)[C@@H]1CCNC(=O)CC[C@H](NC(=O)CC2CCCC2)C(=O)N[C@@H](Cc2c[nH]cn2)C(=O)N[C@H](Cc2ccccc2)C(=O)NCC(=O)N1. The lowest BCUT2D eigenvalue weighted by Crippen LogP contribution is -2.58. The second kappa shape index (κ2) is 20.3. The molecule has 286 valence electrons. The molecule has 1 aliphatic heterocycles. The third-order valence-corrected chi connectivity index (χ3v) is 9.04. The molecule has 0 bridgehead atoms. The second-order valence-electron chi connectivity index (χ2n) is 13.3. The van der Waals surface area contributed by atoms with Crippen molar-refractivity contribution in [2.75, 3.05) is 19.6 Å². The molecule has 0 spiro atoms. The number of hydrogen-bond acceptors (Lipinski definition) is 9. The standard InChI is InChI=1S/C35H48N10O8/c36-28(46)18-39-32(50)25-12-13-38-29(47)11-10-24(42-30(48)15-22-8-4-5-9-22)34(52)45-27(16-23-17-37-20-41-23)35(53)44-26(14-21-6-2-1-3-7-21)33(51)40-19-31(49)43-25/h1-3,6-7,17,20,22,24-27H,4-5,8-16,18-19H2,(H2,36,46)(H,37,41)(H,38,47)(H,39,50)(H,40,51)(H,42,48)(H,43,49)(H,44,53)(H,45,52)/t24-,25-,26+,27-/m0/s1. The molecule has 8 amide bonds. The normalized spacial score (nSPS) is 22.8. The Morgan fingerprint density at radius 2 is 1.53 bits per heavy atom. The van der Waals surface area contributed by atoms with Crippen LogP contribution in [0.2, 0.25) is 0 Å². The molecule has 2 heterocycles. The highest BCUT2D eigenvalue weighted by Crippen LogP contribution is 2.27. The molecule has 0 radical (unpaired) electrons. The van der Waals surface area contributed by atoms with Crippen molar-refractivity contribution in [2.45, 2.75) is 88.4 Å². The number of carbonyl (C=O) groups excluding carboxylic acids is 8. The summed E-state index contributed by atoms with van der Waals surface area (Å²) in [4.78, 5) is 111. The minimum atomic E-state index is -1.26. The molecular formula is C35H48N10O8. The molecule has 2 fully saturated rings. The van der Waals surface area contributed by atoms with Crippen LogP contribution in [0, 0.1) is 5.92 Å². The molecular weight excluding hydrogens is 688 g/mol. The molecule has 2 aliphatic rings. The number of aromatic nitrogens is 2. The summed E-state index contributed by atoms with van der Waals surface area (Å²) in [6.07, 6.45) is 6.54. The minimum Gasteiger partial charge on any atom is -0.368 e. The van der Waals surface area contributed by atoms with Gasteiger partial charge in [-0.25, -0.2) is 4.98 Å². The van der Waals surface area contributed by atoms with Crippen LogP contribution in [0.4, 0.5) is 0 Å². The third-order valence-electron chi connectivity index (χ3n) is 9.04. The van der Waals surface area contributed by atoms with Crippen LogP contribution in [-0.4, -0.2) is 101 Å². The number of aromatic amines is 1. The Morgan fingerprint density at radius 3 is 2.23 bits per heavy atom. The molecule has 4 rings (SSSR count). The van der Waals surface area contributed by atoms with Crippen molar-refractivity contribution < 1.29 is 38.4 Å². The maximum absolute atomic E-state index is 13.9. The molecule has 18 heteroatoms. The van der Waals surface area contributed by atoms with E-state index in [0.29, 0.717) is 11.3 Å². The van der Waals surface area contributed by atoms with Crippen LogP contribution in [0.15, 0.2) is 42.9 Å². The summed E-state index contributed by atoms with van der Waals surface area (Å²) in [6, 6.07) is 3.93. The van der Waals surface area contributed by atoms with E-state index in [9.17, 15) is 38.4 Å². The molecule has 1 saturated heterocycles. The zero-order chi connectivity index (χ0) is 38.2. The number of carbonyl (C=O) groups is 8. The fraction of sp³-hybridized carbons (Fsp3) is 0.514. The Labute approximate surface area is 306 Å². The maximum atomic E-state index is 13.9. The van der Waals surface area contributed by atoms with Crippen molar-refractivity contribution in [2.24, 2.45) is 11.7 Å². The van der Waals surface area contributed by atoms with Crippen LogP contribution >= 0.6 is 0 Å². The monoisotopic (exact) mass is 736 g/mol. The first-order valence-corrected chi connectivity index (χ1v) is 17.8. The summed E-state index contributed by atoms with van der Waals surface area (Å²) in [7, 11) is 0. The van der Waals surface area contributed by atoms with E-state index in [1.165, 1.54) is 6.33 Å². The van der Waals surface area contributed by atoms with Gasteiger partial charge < -0.3 is 47.9 Å². The third kappa shape index (κ3) is 13.7. The van der Waals surface area contributed by atoms with E-state index in [-0.39, 0.29) is 56.9 Å². The summed E-state index contributed by atoms with van der Waals surface area (Å²) < 4.78 is 0. The van der Waals surface area contributed by atoms with Crippen LogP contribution in [0.5, 0.6) is 0 Å². The average molecular weight is 737 g/mol. The lowest BCUT2D eigenvalue weighted by molar-refractivity contribution is -0.134. The number of H-pyrrole nitrogens is 1. The van der Waals surface area contributed by atoms with Gasteiger partial charge in [0.05, 0.1) is 25.1 Å². The van der Waals surface area contributed by atoms with E-state index in [1.807, 2.05) is 0 Å². The van der Waals surface area contributed by atoms with Crippen LogP contribution in [-0.2, 0) is 51.2 Å². The fourth-order valence-corrected chi connectivity index (χ4v) is 6.25. The Hall–Kier alpha value is -5.81. The zero-order valence-corrected chi connectivity index (χ0v) is 29.4. The molecule has 18 nitrogen and oxygen atoms in total. The topological polar surface area (TPSA) is 275 Å². The smallest absolute Gasteiger partial charge is 0.243 e. The summed E-state index contributed by atoms with van der Waals surface area (Å²) >= 11 is 0. The predicted octanol–water partition coefficient (Wildman–Crippen LogP) is -2.27. The van der Waals surface area contributed by atoms with E-state index in [2.05, 4.69) is 47.2 Å². The van der Waals surface area contributed by atoms with Gasteiger partial charge in [-0.2, -0.15) is 0 Å². The number of benzene rings is 1. The van der Waals surface area contributed by atoms with E-state index in [0.717, 1.165) is 25.7 Å². The van der Waals surface area contributed by atoms with Crippen molar-refractivity contribution in [1.29, 1.82) is 0 Å². The van der Waals surface area contributed by atoms with Crippen molar-refractivity contribution in [1.82, 2.24) is 47.2 Å². The van der Waals surface area contributed by atoms with E-state index in [4.69, 9.17) is 5.73 Å². The zero-order valence-electron chi connectivity index (χ0n) is 29.4. The molecule has 4 atom stereocenters. The lowest BCUT2D eigenvalue weighted by Gasteiger charge is -2.25. The largest absolute Gasteiger partial charge is 0.368 e. The lowest BCUT2D eigenvalue weighted by atomic mass is 10.0. The van der Waals surface area contributed by atoms with E-state index >= 15 is 0 Å². The average Bonchev–Trinajstić information content (AvgIpc) is 3.85. The number of nitrogens with zero attached hydrogens (tertiary/aromatic N) is 1. The van der Waals surface area contributed by atoms with Crippen molar-refractivity contribution in [3.05, 3.63) is 54.1 Å². The Balaban J connectivity index is 1.61. The van der Waals surface area contributed by atoms with E-state index < -0.39 is 78.6 Å². The minimum absolute atomic E-state index is 0.0227. The number of imidazole rings is 1. The van der Waals surface area contributed by atoms with Gasteiger partial charge in [-0.1, -0.05) is 43.2 Å². The summed E-state index contributed by atoms with van der Waals surface area (Å²) in [5.74, 6) is -5.17. The second-order valence-corrected chi connectivity index (χ2v) is 13.3. The number of nitrogens with one attached hydrogen (secondary N) is 8. The van der Waals surface area contributed by atoms with Gasteiger partial charge in [0.15, 0.2) is 0 Å². The number of primary amides is 1.